The van der Waals surface area contributed by atoms with Gasteiger partial charge >= 0.3 is 0 Å². The fraction of sp³-hybridized carbons (Fsp3) is 0.357. The van der Waals surface area contributed by atoms with Gasteiger partial charge in [0, 0.05) is 17.0 Å². The lowest BCUT2D eigenvalue weighted by Gasteiger charge is -2.29. The zero-order valence-corrected chi connectivity index (χ0v) is 12.1. The summed E-state index contributed by atoms with van der Waals surface area (Å²) in [6, 6.07) is 4.93. The molecule has 1 aromatic carbocycles. The Labute approximate surface area is 117 Å². The summed E-state index contributed by atoms with van der Waals surface area (Å²) < 4.78 is 36.1. The third kappa shape index (κ3) is 3.07. The SMILES string of the molecule is CC(C)C(=O)N(c1ccc(F)cc1)[C@@H]1C=CS(=O)(=O)C1. The highest BCUT2D eigenvalue weighted by molar-refractivity contribution is 7.94. The third-order valence-electron chi connectivity index (χ3n) is 3.08. The molecule has 0 saturated carbocycles. The van der Waals surface area contributed by atoms with Crippen LogP contribution in [-0.4, -0.2) is 26.1 Å². The van der Waals surface area contributed by atoms with Gasteiger partial charge in [-0.3, -0.25) is 4.79 Å². The molecule has 1 aromatic rings. The van der Waals surface area contributed by atoms with E-state index < -0.39 is 21.7 Å². The molecule has 1 amide bonds. The fourth-order valence-corrected chi connectivity index (χ4v) is 3.35. The second kappa shape index (κ2) is 5.36. The van der Waals surface area contributed by atoms with Crippen LogP contribution < -0.4 is 4.90 Å². The number of carbonyl (C=O) groups is 1. The van der Waals surface area contributed by atoms with E-state index >= 15 is 0 Å². The van der Waals surface area contributed by atoms with Crippen molar-refractivity contribution in [1.29, 1.82) is 0 Å². The molecule has 4 nitrogen and oxygen atoms in total. The molecule has 0 bridgehead atoms. The van der Waals surface area contributed by atoms with E-state index in [1.807, 2.05) is 0 Å². The van der Waals surface area contributed by atoms with Gasteiger partial charge in [-0.25, -0.2) is 12.8 Å². The van der Waals surface area contributed by atoms with Gasteiger partial charge in [0.2, 0.25) is 5.91 Å². The van der Waals surface area contributed by atoms with Gasteiger partial charge in [-0.05, 0) is 30.3 Å². The van der Waals surface area contributed by atoms with Crippen molar-refractivity contribution in [2.75, 3.05) is 10.7 Å². The van der Waals surface area contributed by atoms with Gasteiger partial charge in [-0.2, -0.15) is 0 Å². The smallest absolute Gasteiger partial charge is 0.230 e. The lowest BCUT2D eigenvalue weighted by Crippen LogP contribution is -2.43. The number of carbonyl (C=O) groups excluding carboxylic acids is 1. The molecule has 0 aromatic heterocycles. The highest BCUT2D eigenvalue weighted by atomic mass is 32.2. The Morgan fingerprint density at radius 2 is 1.90 bits per heavy atom. The normalized spacial score (nSPS) is 20.3. The summed E-state index contributed by atoms with van der Waals surface area (Å²) in [4.78, 5) is 13.8. The van der Waals surface area contributed by atoms with Crippen LogP contribution in [0.1, 0.15) is 13.8 Å². The van der Waals surface area contributed by atoms with Crippen molar-refractivity contribution in [2.24, 2.45) is 5.92 Å². The standard InChI is InChI=1S/C14H16FNO3S/c1-10(2)14(17)16(12-5-3-11(15)4-6-12)13-7-8-20(18,19)9-13/h3-8,10,13H,9H2,1-2H3/t13-/m1/s1. The predicted octanol–water partition coefficient (Wildman–Crippen LogP) is 2.13. The molecule has 6 heteroatoms. The fourth-order valence-electron chi connectivity index (χ4n) is 2.08. The molecule has 0 fully saturated rings. The first kappa shape index (κ1) is 14.7. The number of nitrogens with zero attached hydrogens (tertiary/aromatic N) is 1. The molecule has 0 unspecified atom stereocenters. The van der Waals surface area contributed by atoms with E-state index in [0.717, 1.165) is 5.41 Å². The summed E-state index contributed by atoms with van der Waals surface area (Å²) in [6.45, 7) is 3.48. The highest BCUT2D eigenvalue weighted by Crippen LogP contribution is 2.24. The van der Waals surface area contributed by atoms with Crippen LogP contribution in [0.3, 0.4) is 0 Å². The minimum absolute atomic E-state index is 0.136. The van der Waals surface area contributed by atoms with E-state index in [4.69, 9.17) is 0 Å². The van der Waals surface area contributed by atoms with Crippen LogP contribution in [0, 0.1) is 11.7 Å². The van der Waals surface area contributed by atoms with Crippen LogP contribution in [0.25, 0.3) is 0 Å². The maximum Gasteiger partial charge on any atom is 0.230 e. The monoisotopic (exact) mass is 297 g/mol. The van der Waals surface area contributed by atoms with Crippen molar-refractivity contribution < 1.29 is 17.6 Å². The lowest BCUT2D eigenvalue weighted by atomic mass is 10.1. The number of sulfone groups is 1. The molecular weight excluding hydrogens is 281 g/mol. The molecule has 0 radical (unpaired) electrons. The molecular formula is C14H16FNO3S. The number of benzene rings is 1. The second-order valence-corrected chi connectivity index (χ2v) is 7.00. The van der Waals surface area contributed by atoms with Crippen LogP contribution in [0.5, 0.6) is 0 Å². The second-order valence-electron chi connectivity index (χ2n) is 5.06. The lowest BCUT2D eigenvalue weighted by molar-refractivity contribution is -0.121. The first-order chi connectivity index (χ1) is 9.30. The zero-order valence-electron chi connectivity index (χ0n) is 11.3. The van der Waals surface area contributed by atoms with Gasteiger partial charge in [0.25, 0.3) is 0 Å². The van der Waals surface area contributed by atoms with Crippen molar-refractivity contribution in [3.63, 3.8) is 0 Å². The number of rotatable bonds is 3. The summed E-state index contributed by atoms with van der Waals surface area (Å²) in [7, 11) is -3.26. The van der Waals surface area contributed by atoms with E-state index in [-0.39, 0.29) is 17.6 Å². The van der Waals surface area contributed by atoms with Crippen molar-refractivity contribution in [3.8, 4) is 0 Å². The van der Waals surface area contributed by atoms with Crippen molar-refractivity contribution in [3.05, 3.63) is 41.6 Å². The predicted molar refractivity (Wildman–Crippen MR) is 75.4 cm³/mol. The average molecular weight is 297 g/mol. The van der Waals surface area contributed by atoms with Crippen LogP contribution in [0.15, 0.2) is 35.7 Å². The van der Waals surface area contributed by atoms with Gasteiger partial charge in [0.15, 0.2) is 9.84 Å². The Kier molecular flexibility index (Phi) is 3.94. The van der Waals surface area contributed by atoms with E-state index in [1.165, 1.54) is 35.2 Å². The van der Waals surface area contributed by atoms with Gasteiger partial charge in [0.05, 0.1) is 11.8 Å². The van der Waals surface area contributed by atoms with Gasteiger partial charge in [0.1, 0.15) is 5.82 Å². The quantitative estimate of drug-likeness (QED) is 0.859. The minimum atomic E-state index is -3.26. The largest absolute Gasteiger partial charge is 0.304 e. The minimum Gasteiger partial charge on any atom is -0.304 e. The Morgan fingerprint density at radius 3 is 2.35 bits per heavy atom. The summed E-state index contributed by atoms with van der Waals surface area (Å²) >= 11 is 0. The summed E-state index contributed by atoms with van der Waals surface area (Å²) in [6.07, 6.45) is 1.50. The van der Waals surface area contributed by atoms with Crippen LogP contribution in [0.4, 0.5) is 10.1 Å². The van der Waals surface area contributed by atoms with E-state index in [9.17, 15) is 17.6 Å². The van der Waals surface area contributed by atoms with Crippen LogP contribution >= 0.6 is 0 Å². The maximum atomic E-state index is 13.0. The average Bonchev–Trinajstić information content (AvgIpc) is 2.72. The Morgan fingerprint density at radius 1 is 1.30 bits per heavy atom. The maximum absolute atomic E-state index is 13.0. The summed E-state index contributed by atoms with van der Waals surface area (Å²) in [5.41, 5.74) is 0.497. The molecule has 0 spiro atoms. The summed E-state index contributed by atoms with van der Waals surface area (Å²) in [5, 5.41) is 1.13. The molecule has 0 N–H and O–H groups in total. The Balaban J connectivity index is 2.38. The molecule has 20 heavy (non-hydrogen) atoms. The number of halogens is 1. The van der Waals surface area contributed by atoms with E-state index in [2.05, 4.69) is 0 Å². The molecule has 1 aliphatic heterocycles. The summed E-state index contributed by atoms with van der Waals surface area (Å²) in [5.74, 6) is -1.01. The van der Waals surface area contributed by atoms with Crippen molar-refractivity contribution >= 4 is 21.4 Å². The molecule has 0 saturated heterocycles. The molecule has 1 atom stereocenters. The van der Waals surface area contributed by atoms with Gasteiger partial charge in [-0.1, -0.05) is 13.8 Å². The highest BCUT2D eigenvalue weighted by Gasteiger charge is 2.32. The molecule has 2 rings (SSSR count). The molecule has 1 heterocycles. The molecule has 108 valence electrons. The molecule has 0 aliphatic carbocycles. The van der Waals surface area contributed by atoms with Crippen molar-refractivity contribution in [1.82, 2.24) is 0 Å². The zero-order chi connectivity index (χ0) is 14.9. The van der Waals surface area contributed by atoms with Crippen LogP contribution in [0.2, 0.25) is 0 Å². The van der Waals surface area contributed by atoms with Gasteiger partial charge < -0.3 is 4.90 Å². The molecule has 1 aliphatic rings. The first-order valence-electron chi connectivity index (χ1n) is 6.30. The number of anilines is 1. The van der Waals surface area contributed by atoms with Crippen LogP contribution in [-0.2, 0) is 14.6 Å². The number of hydrogen-bond donors (Lipinski definition) is 0. The number of amides is 1. The van der Waals surface area contributed by atoms with Crippen molar-refractivity contribution in [2.45, 2.75) is 19.9 Å². The third-order valence-corrected chi connectivity index (χ3v) is 4.46. The van der Waals surface area contributed by atoms with Gasteiger partial charge in [-0.15, -0.1) is 0 Å². The number of hydrogen-bond acceptors (Lipinski definition) is 3. The topological polar surface area (TPSA) is 54.5 Å². The Bertz CT molecular complexity index is 635. The van der Waals surface area contributed by atoms with E-state index in [0.29, 0.717) is 5.69 Å². The Hall–Kier alpha value is -1.69. The first-order valence-corrected chi connectivity index (χ1v) is 8.01. The van der Waals surface area contributed by atoms with E-state index in [1.54, 1.807) is 13.8 Å².